The summed E-state index contributed by atoms with van der Waals surface area (Å²) in [6.07, 6.45) is 3.75. The number of nitrogens with zero attached hydrogens (tertiary/aromatic N) is 2. The number of aryl methyl sites for hydroxylation is 2. The van der Waals surface area contributed by atoms with Crippen molar-refractivity contribution in [3.8, 4) is 0 Å². The molecule has 96 valence electrons. The summed E-state index contributed by atoms with van der Waals surface area (Å²) in [7, 11) is 2.03. The molecule has 17 heavy (non-hydrogen) atoms. The number of aromatic nitrogens is 2. The van der Waals surface area contributed by atoms with Crippen molar-refractivity contribution >= 4 is 15.9 Å². The first-order chi connectivity index (χ1) is 7.89. The largest absolute Gasteiger partial charge is 0.313 e. The third-order valence-electron chi connectivity index (χ3n) is 3.35. The molecule has 1 aliphatic rings. The summed E-state index contributed by atoms with van der Waals surface area (Å²) in [5.74, 6) is 0. The van der Waals surface area contributed by atoms with E-state index in [1.165, 1.54) is 23.0 Å². The second-order valence-corrected chi connectivity index (χ2v) is 6.76. The van der Waals surface area contributed by atoms with Gasteiger partial charge in [-0.3, -0.25) is 4.68 Å². The van der Waals surface area contributed by atoms with Gasteiger partial charge in [0.25, 0.3) is 0 Å². The predicted octanol–water partition coefficient (Wildman–Crippen LogP) is 2.81. The molecule has 0 aliphatic heterocycles. The van der Waals surface area contributed by atoms with Crippen molar-refractivity contribution in [2.24, 2.45) is 12.5 Å². The van der Waals surface area contributed by atoms with Gasteiger partial charge in [-0.2, -0.15) is 5.10 Å². The van der Waals surface area contributed by atoms with E-state index < -0.39 is 0 Å². The quantitative estimate of drug-likeness (QED) is 0.906. The van der Waals surface area contributed by atoms with Crippen molar-refractivity contribution in [1.82, 2.24) is 15.1 Å². The Morgan fingerprint density at radius 2 is 2.12 bits per heavy atom. The van der Waals surface area contributed by atoms with Gasteiger partial charge in [0.2, 0.25) is 0 Å². The molecule has 4 heteroatoms. The van der Waals surface area contributed by atoms with E-state index >= 15 is 0 Å². The topological polar surface area (TPSA) is 29.9 Å². The number of halogens is 1. The Labute approximate surface area is 112 Å². The maximum atomic E-state index is 4.45. The Bertz CT molecular complexity index is 405. The van der Waals surface area contributed by atoms with E-state index in [-0.39, 0.29) is 5.41 Å². The van der Waals surface area contributed by atoms with Gasteiger partial charge >= 0.3 is 0 Å². The summed E-state index contributed by atoms with van der Waals surface area (Å²) >= 11 is 3.64. The highest BCUT2D eigenvalue weighted by Gasteiger charge is 2.27. The van der Waals surface area contributed by atoms with E-state index in [2.05, 4.69) is 40.2 Å². The van der Waals surface area contributed by atoms with Crippen molar-refractivity contribution in [2.45, 2.75) is 46.1 Å². The van der Waals surface area contributed by atoms with E-state index in [0.717, 1.165) is 24.7 Å². The Morgan fingerprint density at radius 1 is 1.47 bits per heavy atom. The molecular weight excluding hydrogens is 278 g/mol. The molecular formula is C13H22BrN3. The first kappa shape index (κ1) is 13.1. The number of hydrogen-bond donors (Lipinski definition) is 1. The lowest BCUT2D eigenvalue weighted by atomic mass is 9.87. The van der Waals surface area contributed by atoms with Gasteiger partial charge in [0.1, 0.15) is 0 Å². The van der Waals surface area contributed by atoms with E-state index in [1.54, 1.807) is 0 Å². The minimum Gasteiger partial charge on any atom is -0.313 e. The molecule has 1 fully saturated rings. The van der Waals surface area contributed by atoms with Crippen LogP contribution in [0.2, 0.25) is 0 Å². The van der Waals surface area contributed by atoms with Gasteiger partial charge in [-0.25, -0.2) is 0 Å². The monoisotopic (exact) mass is 299 g/mol. The lowest BCUT2D eigenvalue weighted by Gasteiger charge is -2.25. The van der Waals surface area contributed by atoms with Crippen molar-refractivity contribution in [1.29, 1.82) is 0 Å². The molecule has 0 atom stereocenters. The first-order valence-electron chi connectivity index (χ1n) is 6.30. The summed E-state index contributed by atoms with van der Waals surface area (Å²) in [5, 5.41) is 8.07. The van der Waals surface area contributed by atoms with Crippen LogP contribution in [-0.2, 0) is 13.5 Å². The van der Waals surface area contributed by atoms with Crippen LogP contribution in [-0.4, -0.2) is 22.4 Å². The highest BCUT2D eigenvalue weighted by Crippen LogP contribution is 2.29. The van der Waals surface area contributed by atoms with Crippen LogP contribution in [0, 0.1) is 12.3 Å². The third-order valence-corrected chi connectivity index (χ3v) is 4.39. The normalized spacial score (nSPS) is 16.5. The highest BCUT2D eigenvalue weighted by molar-refractivity contribution is 9.10. The van der Waals surface area contributed by atoms with Crippen LogP contribution in [0.1, 0.15) is 38.1 Å². The smallest absolute Gasteiger partial charge is 0.0738 e. The standard InChI is InChI=1S/C13H22BrN3/c1-9-12(14)11(17(4)16-9)7-13(2,3)8-15-10-5-6-10/h10,15H,5-8H2,1-4H3. The third kappa shape index (κ3) is 3.32. The minimum atomic E-state index is 0.269. The molecule has 1 aromatic rings. The van der Waals surface area contributed by atoms with Crippen molar-refractivity contribution in [2.75, 3.05) is 6.54 Å². The molecule has 3 nitrogen and oxygen atoms in total. The van der Waals surface area contributed by atoms with Crippen LogP contribution in [0.25, 0.3) is 0 Å². The fraction of sp³-hybridized carbons (Fsp3) is 0.769. The second kappa shape index (κ2) is 4.73. The zero-order valence-corrected chi connectivity index (χ0v) is 12.8. The van der Waals surface area contributed by atoms with Gasteiger partial charge in [-0.1, -0.05) is 13.8 Å². The molecule has 1 aliphatic carbocycles. The summed E-state index contributed by atoms with van der Waals surface area (Å²) < 4.78 is 3.16. The molecule has 2 rings (SSSR count). The highest BCUT2D eigenvalue weighted by atomic mass is 79.9. The Hall–Kier alpha value is -0.350. The van der Waals surface area contributed by atoms with E-state index in [0.29, 0.717) is 0 Å². The maximum absolute atomic E-state index is 4.45. The minimum absolute atomic E-state index is 0.269. The molecule has 0 bridgehead atoms. The Balaban J connectivity index is 2.01. The molecule has 0 saturated heterocycles. The lowest BCUT2D eigenvalue weighted by Crippen LogP contribution is -2.33. The van der Waals surface area contributed by atoms with Crippen LogP contribution < -0.4 is 5.32 Å². The molecule has 1 saturated carbocycles. The van der Waals surface area contributed by atoms with Crippen molar-refractivity contribution < 1.29 is 0 Å². The fourth-order valence-corrected chi connectivity index (χ4v) is 2.57. The molecule has 0 unspecified atom stereocenters. The Morgan fingerprint density at radius 3 is 2.59 bits per heavy atom. The summed E-state index contributed by atoms with van der Waals surface area (Å²) in [4.78, 5) is 0. The molecule has 0 amide bonds. The Kier molecular flexibility index (Phi) is 3.64. The summed E-state index contributed by atoms with van der Waals surface area (Å²) in [6, 6.07) is 0.783. The van der Waals surface area contributed by atoms with Crippen LogP contribution >= 0.6 is 15.9 Å². The fourth-order valence-electron chi connectivity index (χ4n) is 2.10. The average molecular weight is 300 g/mol. The van der Waals surface area contributed by atoms with Gasteiger partial charge < -0.3 is 5.32 Å². The summed E-state index contributed by atoms with van der Waals surface area (Å²) in [6.45, 7) is 7.76. The SMILES string of the molecule is Cc1nn(C)c(CC(C)(C)CNC2CC2)c1Br. The van der Waals surface area contributed by atoms with Gasteiger partial charge in [0, 0.05) is 19.6 Å². The molecule has 1 N–H and O–H groups in total. The zero-order valence-electron chi connectivity index (χ0n) is 11.2. The molecule has 0 aromatic carbocycles. The van der Waals surface area contributed by atoms with Gasteiger partial charge in [-0.05, 0) is 47.5 Å². The van der Waals surface area contributed by atoms with Gasteiger partial charge in [-0.15, -0.1) is 0 Å². The van der Waals surface area contributed by atoms with E-state index in [9.17, 15) is 0 Å². The summed E-state index contributed by atoms with van der Waals surface area (Å²) in [5.41, 5.74) is 2.64. The second-order valence-electron chi connectivity index (χ2n) is 5.97. The van der Waals surface area contributed by atoms with Gasteiger partial charge in [0.15, 0.2) is 0 Å². The van der Waals surface area contributed by atoms with Crippen LogP contribution in [0.5, 0.6) is 0 Å². The predicted molar refractivity (Wildman–Crippen MR) is 74.2 cm³/mol. The molecule has 0 spiro atoms. The number of rotatable bonds is 5. The van der Waals surface area contributed by atoms with E-state index in [1.807, 2.05) is 18.7 Å². The van der Waals surface area contributed by atoms with Gasteiger partial charge in [0.05, 0.1) is 15.9 Å². The van der Waals surface area contributed by atoms with Crippen LogP contribution in [0.15, 0.2) is 4.47 Å². The molecule has 1 heterocycles. The zero-order chi connectivity index (χ0) is 12.6. The van der Waals surface area contributed by atoms with Crippen LogP contribution in [0.3, 0.4) is 0 Å². The van der Waals surface area contributed by atoms with E-state index in [4.69, 9.17) is 0 Å². The first-order valence-corrected chi connectivity index (χ1v) is 7.10. The maximum Gasteiger partial charge on any atom is 0.0738 e. The lowest BCUT2D eigenvalue weighted by molar-refractivity contribution is 0.328. The number of nitrogens with one attached hydrogen (secondary N) is 1. The molecule has 1 aromatic heterocycles. The van der Waals surface area contributed by atoms with Crippen molar-refractivity contribution in [3.05, 3.63) is 15.9 Å². The van der Waals surface area contributed by atoms with Crippen molar-refractivity contribution in [3.63, 3.8) is 0 Å². The van der Waals surface area contributed by atoms with Crippen LogP contribution in [0.4, 0.5) is 0 Å². The number of hydrogen-bond acceptors (Lipinski definition) is 2. The average Bonchev–Trinajstić information content (AvgIpc) is 3.02. The molecule has 0 radical (unpaired) electrons.